The highest BCUT2D eigenvalue weighted by atomic mass is 31.2. The van der Waals surface area contributed by atoms with Crippen LogP contribution in [-0.2, 0) is 22.2 Å². The van der Waals surface area contributed by atoms with Gasteiger partial charge in [0.2, 0.25) is 5.91 Å². The highest BCUT2D eigenvalue weighted by Gasteiger charge is 2.41. The second-order valence-electron chi connectivity index (χ2n) is 8.36. The number of rotatable bonds is 11. The summed E-state index contributed by atoms with van der Waals surface area (Å²) in [5, 5.41) is 2.89. The van der Waals surface area contributed by atoms with E-state index in [0.29, 0.717) is 17.9 Å². The van der Waals surface area contributed by atoms with E-state index in [4.69, 9.17) is 14.8 Å². The van der Waals surface area contributed by atoms with E-state index in [1.165, 1.54) is 0 Å². The standard InChI is InChI=1S/C29H29N2O4P/c30-27(21-23-13-5-1-6-14-23)29(32)31-28(22-24-15-7-2-8-16-24)36(33,34-25-17-9-3-10-18-25)35-26-19-11-4-12-20-26/h1-20,27-28H,21-22,30H2,(H,31,32). The Bertz CT molecular complexity index is 1230. The molecular formula is C29H29N2O4P. The molecular weight excluding hydrogens is 471 g/mol. The van der Waals surface area contributed by atoms with Gasteiger partial charge in [0.1, 0.15) is 11.5 Å². The molecule has 0 aliphatic heterocycles. The van der Waals surface area contributed by atoms with Crippen LogP contribution in [0.1, 0.15) is 11.1 Å². The fraction of sp³-hybridized carbons (Fsp3) is 0.138. The molecule has 1 amide bonds. The Kier molecular flexibility index (Phi) is 8.56. The van der Waals surface area contributed by atoms with Crippen LogP contribution in [0, 0.1) is 0 Å². The average molecular weight is 501 g/mol. The van der Waals surface area contributed by atoms with E-state index in [9.17, 15) is 9.36 Å². The normalized spacial score (nSPS) is 12.8. The fourth-order valence-electron chi connectivity index (χ4n) is 3.71. The van der Waals surface area contributed by atoms with Gasteiger partial charge in [-0.25, -0.2) is 4.57 Å². The SMILES string of the molecule is NC(Cc1ccccc1)C(=O)NC(Cc1ccccc1)P(=O)(Oc1ccccc1)Oc1ccccc1. The Labute approximate surface area is 211 Å². The van der Waals surface area contributed by atoms with E-state index in [1.54, 1.807) is 48.5 Å². The molecule has 4 aromatic rings. The Morgan fingerprint density at radius 3 is 1.50 bits per heavy atom. The van der Waals surface area contributed by atoms with Crippen LogP contribution in [0.2, 0.25) is 0 Å². The zero-order valence-electron chi connectivity index (χ0n) is 19.8. The molecule has 4 rings (SSSR count). The van der Waals surface area contributed by atoms with Crippen LogP contribution in [-0.4, -0.2) is 17.7 Å². The lowest BCUT2D eigenvalue weighted by Gasteiger charge is -2.29. The number of carbonyl (C=O) groups excluding carboxylic acids is 1. The minimum atomic E-state index is -4.00. The first-order valence-corrected chi connectivity index (χ1v) is 13.4. The lowest BCUT2D eigenvalue weighted by atomic mass is 10.1. The summed E-state index contributed by atoms with van der Waals surface area (Å²) in [6.45, 7) is 0. The van der Waals surface area contributed by atoms with Gasteiger partial charge in [-0.05, 0) is 41.8 Å². The summed E-state index contributed by atoms with van der Waals surface area (Å²) in [4.78, 5) is 13.2. The van der Waals surface area contributed by atoms with Gasteiger partial charge in [0.25, 0.3) is 0 Å². The molecule has 0 saturated carbocycles. The molecule has 0 saturated heterocycles. The first-order chi connectivity index (χ1) is 17.5. The molecule has 0 aliphatic rings. The highest BCUT2D eigenvalue weighted by Crippen LogP contribution is 2.53. The number of benzene rings is 4. The summed E-state index contributed by atoms with van der Waals surface area (Å²) in [5.41, 5.74) is 8.06. The highest BCUT2D eigenvalue weighted by molar-refractivity contribution is 7.55. The van der Waals surface area contributed by atoms with Gasteiger partial charge in [-0.3, -0.25) is 4.79 Å². The number of amides is 1. The van der Waals surface area contributed by atoms with Gasteiger partial charge in [-0.1, -0.05) is 97.1 Å². The molecule has 2 unspecified atom stereocenters. The van der Waals surface area contributed by atoms with Gasteiger partial charge in [0, 0.05) is 6.42 Å². The molecule has 4 aromatic carbocycles. The van der Waals surface area contributed by atoms with E-state index in [2.05, 4.69) is 5.32 Å². The van der Waals surface area contributed by atoms with Crippen LogP contribution < -0.4 is 20.1 Å². The lowest BCUT2D eigenvalue weighted by molar-refractivity contribution is -0.122. The first kappa shape index (κ1) is 25.2. The Morgan fingerprint density at radius 2 is 1.06 bits per heavy atom. The van der Waals surface area contributed by atoms with Crippen molar-refractivity contribution in [2.24, 2.45) is 5.73 Å². The van der Waals surface area contributed by atoms with Crippen molar-refractivity contribution in [2.45, 2.75) is 24.7 Å². The maximum absolute atomic E-state index is 14.5. The average Bonchev–Trinajstić information content (AvgIpc) is 2.90. The predicted molar refractivity (Wildman–Crippen MR) is 142 cm³/mol. The molecule has 0 aromatic heterocycles. The predicted octanol–water partition coefficient (Wildman–Crippen LogP) is 5.59. The van der Waals surface area contributed by atoms with Gasteiger partial charge in [-0.2, -0.15) is 0 Å². The van der Waals surface area contributed by atoms with Crippen molar-refractivity contribution in [3.63, 3.8) is 0 Å². The van der Waals surface area contributed by atoms with Crippen molar-refractivity contribution in [2.75, 3.05) is 0 Å². The number of nitrogens with two attached hydrogens (primary N) is 1. The lowest BCUT2D eigenvalue weighted by Crippen LogP contribution is -2.48. The number of carbonyl (C=O) groups is 1. The number of nitrogens with one attached hydrogen (secondary N) is 1. The van der Waals surface area contributed by atoms with Gasteiger partial charge in [0.05, 0.1) is 6.04 Å². The van der Waals surface area contributed by atoms with Crippen molar-refractivity contribution < 1.29 is 18.4 Å². The van der Waals surface area contributed by atoms with Crippen LogP contribution in [0.25, 0.3) is 0 Å². The summed E-state index contributed by atoms with van der Waals surface area (Å²) in [6.07, 6.45) is 0.565. The molecule has 184 valence electrons. The zero-order valence-corrected chi connectivity index (χ0v) is 20.7. The molecule has 0 bridgehead atoms. The Balaban J connectivity index is 1.65. The molecule has 3 N–H and O–H groups in total. The molecule has 0 aliphatic carbocycles. The number of para-hydroxylation sites is 2. The molecule has 6 nitrogen and oxygen atoms in total. The van der Waals surface area contributed by atoms with Crippen molar-refractivity contribution in [1.82, 2.24) is 5.32 Å². The quantitative estimate of drug-likeness (QED) is 0.262. The molecule has 36 heavy (non-hydrogen) atoms. The van der Waals surface area contributed by atoms with Crippen molar-refractivity contribution in [3.05, 3.63) is 132 Å². The number of hydrogen-bond donors (Lipinski definition) is 2. The third-order valence-corrected chi connectivity index (χ3v) is 7.56. The summed E-state index contributed by atoms with van der Waals surface area (Å²) in [7, 11) is -4.00. The van der Waals surface area contributed by atoms with Gasteiger partial charge in [-0.15, -0.1) is 0 Å². The van der Waals surface area contributed by atoms with E-state index < -0.39 is 25.3 Å². The van der Waals surface area contributed by atoms with Crippen molar-refractivity contribution >= 4 is 13.5 Å². The summed E-state index contributed by atoms with van der Waals surface area (Å²) in [6, 6.07) is 35.7. The van der Waals surface area contributed by atoms with Crippen molar-refractivity contribution in [3.8, 4) is 11.5 Å². The second kappa shape index (κ2) is 12.2. The molecule has 0 fully saturated rings. The number of hydrogen-bond acceptors (Lipinski definition) is 5. The molecule has 0 spiro atoms. The topological polar surface area (TPSA) is 90.7 Å². The molecule has 7 heteroatoms. The van der Waals surface area contributed by atoms with Crippen LogP contribution in [0.5, 0.6) is 11.5 Å². The van der Waals surface area contributed by atoms with Gasteiger partial charge in [0.15, 0.2) is 5.78 Å². The summed E-state index contributed by atoms with van der Waals surface area (Å²) >= 11 is 0. The molecule has 0 radical (unpaired) electrons. The van der Waals surface area contributed by atoms with Crippen LogP contribution in [0.4, 0.5) is 0 Å². The second-order valence-corrected chi connectivity index (χ2v) is 10.4. The maximum atomic E-state index is 14.5. The fourth-order valence-corrected chi connectivity index (χ4v) is 5.56. The third kappa shape index (κ3) is 7.08. The maximum Gasteiger partial charge on any atom is 0.453 e. The molecule has 0 heterocycles. The summed E-state index contributed by atoms with van der Waals surface area (Å²) < 4.78 is 26.5. The smallest absolute Gasteiger partial charge is 0.415 e. The van der Waals surface area contributed by atoms with Crippen molar-refractivity contribution in [1.29, 1.82) is 0 Å². The first-order valence-electron chi connectivity index (χ1n) is 11.7. The van der Waals surface area contributed by atoms with E-state index in [0.717, 1.165) is 11.1 Å². The minimum absolute atomic E-state index is 0.224. The van der Waals surface area contributed by atoms with Gasteiger partial charge < -0.3 is 20.1 Å². The van der Waals surface area contributed by atoms with Crippen LogP contribution in [0.3, 0.4) is 0 Å². The van der Waals surface area contributed by atoms with E-state index in [1.807, 2.05) is 72.8 Å². The monoisotopic (exact) mass is 500 g/mol. The minimum Gasteiger partial charge on any atom is -0.415 e. The van der Waals surface area contributed by atoms with Crippen LogP contribution in [0.15, 0.2) is 121 Å². The molecule has 2 atom stereocenters. The van der Waals surface area contributed by atoms with E-state index >= 15 is 0 Å². The third-order valence-electron chi connectivity index (χ3n) is 5.55. The Morgan fingerprint density at radius 1 is 0.667 bits per heavy atom. The largest absolute Gasteiger partial charge is 0.453 e. The van der Waals surface area contributed by atoms with Gasteiger partial charge >= 0.3 is 7.60 Å². The summed E-state index contributed by atoms with van der Waals surface area (Å²) in [5.74, 6) is -0.682. The van der Waals surface area contributed by atoms with E-state index in [-0.39, 0.29) is 6.42 Å². The van der Waals surface area contributed by atoms with Crippen LogP contribution >= 0.6 is 7.60 Å². The Hall–Kier alpha value is -3.86. The zero-order chi connectivity index (χ0) is 25.2.